The highest BCUT2D eigenvalue weighted by atomic mass is 16.5. The number of nitrogens with one attached hydrogen (secondary N) is 1. The number of hydrogen-bond acceptors (Lipinski definition) is 6. The van der Waals surface area contributed by atoms with Gasteiger partial charge < -0.3 is 14.6 Å². The van der Waals surface area contributed by atoms with Crippen molar-refractivity contribution in [1.29, 1.82) is 0 Å². The molecule has 182 valence electrons. The van der Waals surface area contributed by atoms with E-state index in [0.29, 0.717) is 35.0 Å². The molecule has 1 aliphatic heterocycles. The van der Waals surface area contributed by atoms with Crippen LogP contribution in [0, 0.1) is 0 Å². The van der Waals surface area contributed by atoms with E-state index in [9.17, 15) is 14.7 Å². The summed E-state index contributed by atoms with van der Waals surface area (Å²) in [5.41, 5.74) is 4.41. The predicted molar refractivity (Wildman–Crippen MR) is 134 cm³/mol. The molecular weight excluding hydrogens is 458 g/mol. The number of esters is 1. The Bertz CT molecular complexity index is 1410. The molecule has 1 aliphatic rings. The van der Waals surface area contributed by atoms with Crippen molar-refractivity contribution in [3.8, 4) is 22.8 Å². The molecule has 2 heterocycles. The molecule has 1 unspecified atom stereocenters. The van der Waals surface area contributed by atoms with E-state index in [-0.39, 0.29) is 18.3 Å². The number of hydrogen-bond donors (Lipinski definition) is 2. The van der Waals surface area contributed by atoms with Crippen LogP contribution in [-0.4, -0.2) is 40.4 Å². The highest BCUT2D eigenvalue weighted by Crippen LogP contribution is 2.46. The van der Waals surface area contributed by atoms with Crippen molar-refractivity contribution < 1.29 is 24.2 Å². The van der Waals surface area contributed by atoms with Crippen LogP contribution in [0.4, 0.5) is 5.69 Å². The van der Waals surface area contributed by atoms with E-state index in [0.717, 1.165) is 16.7 Å². The Morgan fingerprint density at radius 3 is 2.47 bits per heavy atom. The molecule has 2 N–H and O–H groups in total. The molecule has 0 bridgehead atoms. The van der Waals surface area contributed by atoms with Crippen LogP contribution in [-0.2, 0) is 4.74 Å². The molecule has 1 aromatic heterocycles. The third-order valence-electron chi connectivity index (χ3n) is 6.07. The van der Waals surface area contributed by atoms with Crippen LogP contribution in [0.5, 0.6) is 11.5 Å². The Morgan fingerprint density at radius 2 is 1.78 bits per heavy atom. The number of rotatable bonds is 7. The number of aromatic hydroxyl groups is 1. The second-order valence-corrected chi connectivity index (χ2v) is 8.23. The molecule has 3 aromatic carbocycles. The Kier molecular flexibility index (Phi) is 6.16. The summed E-state index contributed by atoms with van der Waals surface area (Å²) >= 11 is 0. The van der Waals surface area contributed by atoms with Gasteiger partial charge in [-0.1, -0.05) is 36.4 Å². The zero-order chi connectivity index (χ0) is 25.2. The summed E-state index contributed by atoms with van der Waals surface area (Å²) in [5.74, 6) is -0.321. The number of aromatic amines is 1. The molecule has 4 aromatic rings. The average Bonchev–Trinajstić information content (AvgIpc) is 3.45. The number of benzene rings is 3. The van der Waals surface area contributed by atoms with Gasteiger partial charge in [0.05, 0.1) is 30.5 Å². The fourth-order valence-corrected chi connectivity index (χ4v) is 4.49. The van der Waals surface area contributed by atoms with Crippen molar-refractivity contribution in [2.75, 3.05) is 18.1 Å². The molecule has 0 saturated heterocycles. The number of H-pyrrole nitrogens is 1. The highest BCUT2D eigenvalue weighted by molar-refractivity contribution is 6.12. The number of phenolic OH excluding ortho intramolecular Hbond substituents is 1. The van der Waals surface area contributed by atoms with Crippen LogP contribution in [0.3, 0.4) is 0 Å². The van der Waals surface area contributed by atoms with E-state index in [2.05, 4.69) is 10.2 Å². The molecule has 1 amide bonds. The summed E-state index contributed by atoms with van der Waals surface area (Å²) in [6, 6.07) is 20.9. The number of amides is 1. The van der Waals surface area contributed by atoms with Crippen molar-refractivity contribution >= 4 is 17.6 Å². The third-order valence-corrected chi connectivity index (χ3v) is 6.07. The Morgan fingerprint density at radius 1 is 1.03 bits per heavy atom. The quantitative estimate of drug-likeness (QED) is 0.354. The van der Waals surface area contributed by atoms with Crippen LogP contribution in [0.25, 0.3) is 11.3 Å². The van der Waals surface area contributed by atoms with Gasteiger partial charge in [0.1, 0.15) is 5.69 Å². The number of anilines is 1. The normalized spacial score (nSPS) is 14.6. The smallest absolute Gasteiger partial charge is 0.338 e. The fraction of sp³-hybridized carbons (Fsp3) is 0.179. The Balaban J connectivity index is 1.65. The zero-order valence-corrected chi connectivity index (χ0v) is 19.9. The third kappa shape index (κ3) is 3.96. The minimum absolute atomic E-state index is 0.0194. The van der Waals surface area contributed by atoms with E-state index >= 15 is 0 Å². The SMILES string of the molecule is CCOC(=O)c1ccc(N2C(=O)c3[nH]nc(-c4ccccc4)c3C2c2ccc(O)c(OCC)c2)cc1. The summed E-state index contributed by atoms with van der Waals surface area (Å²) in [6.45, 7) is 4.25. The molecular formula is C28H25N3O5. The monoisotopic (exact) mass is 483 g/mol. The molecule has 8 nitrogen and oxygen atoms in total. The molecule has 0 radical (unpaired) electrons. The van der Waals surface area contributed by atoms with Crippen molar-refractivity contribution in [2.24, 2.45) is 0 Å². The average molecular weight is 484 g/mol. The molecule has 0 fully saturated rings. The maximum absolute atomic E-state index is 13.7. The van der Waals surface area contributed by atoms with E-state index < -0.39 is 12.0 Å². The number of nitrogens with zero attached hydrogens (tertiary/aromatic N) is 2. The first-order chi connectivity index (χ1) is 17.5. The Hall–Kier alpha value is -4.59. The lowest BCUT2D eigenvalue weighted by molar-refractivity contribution is 0.0526. The molecule has 0 spiro atoms. The molecule has 36 heavy (non-hydrogen) atoms. The van der Waals surface area contributed by atoms with Crippen LogP contribution < -0.4 is 9.64 Å². The standard InChI is InChI=1S/C28H25N3O5/c1-3-35-22-16-19(12-15-21(22)32)26-23-24(17-8-6-5-7-9-17)29-30-25(23)27(33)31(26)20-13-10-18(11-14-20)28(34)36-4-2/h5-16,26,32H,3-4H2,1-2H3,(H,29,30). The Labute approximate surface area is 208 Å². The summed E-state index contributed by atoms with van der Waals surface area (Å²) in [5, 5.41) is 17.7. The van der Waals surface area contributed by atoms with Gasteiger partial charge in [-0.2, -0.15) is 5.10 Å². The summed E-state index contributed by atoms with van der Waals surface area (Å²) in [4.78, 5) is 27.5. The second kappa shape index (κ2) is 9.58. The van der Waals surface area contributed by atoms with Gasteiger partial charge in [-0.25, -0.2) is 4.79 Å². The first-order valence-corrected chi connectivity index (χ1v) is 11.7. The minimum atomic E-state index is -0.547. The molecule has 1 atom stereocenters. The molecule has 0 aliphatic carbocycles. The maximum Gasteiger partial charge on any atom is 0.338 e. The van der Waals surface area contributed by atoms with Crippen LogP contribution in [0.1, 0.15) is 51.9 Å². The van der Waals surface area contributed by atoms with Gasteiger partial charge >= 0.3 is 5.97 Å². The number of fused-ring (bicyclic) bond motifs is 1. The first kappa shape index (κ1) is 23.2. The van der Waals surface area contributed by atoms with Crippen molar-refractivity contribution in [3.63, 3.8) is 0 Å². The maximum atomic E-state index is 13.7. The summed E-state index contributed by atoms with van der Waals surface area (Å²) in [6.07, 6.45) is 0. The van der Waals surface area contributed by atoms with Gasteiger partial charge in [-0.05, 0) is 55.8 Å². The summed E-state index contributed by atoms with van der Waals surface area (Å²) in [7, 11) is 0. The first-order valence-electron chi connectivity index (χ1n) is 11.7. The molecule has 5 rings (SSSR count). The largest absolute Gasteiger partial charge is 0.504 e. The zero-order valence-electron chi connectivity index (χ0n) is 19.9. The van der Waals surface area contributed by atoms with Gasteiger partial charge in [-0.3, -0.25) is 14.8 Å². The summed E-state index contributed by atoms with van der Waals surface area (Å²) < 4.78 is 10.7. The van der Waals surface area contributed by atoms with Crippen LogP contribution >= 0.6 is 0 Å². The van der Waals surface area contributed by atoms with Gasteiger partial charge in [0.15, 0.2) is 11.5 Å². The van der Waals surface area contributed by atoms with Gasteiger partial charge in [0.25, 0.3) is 5.91 Å². The number of aromatic nitrogens is 2. The molecule has 8 heteroatoms. The minimum Gasteiger partial charge on any atom is -0.504 e. The number of ether oxygens (including phenoxy) is 2. The van der Waals surface area contributed by atoms with Crippen LogP contribution in [0.15, 0.2) is 72.8 Å². The van der Waals surface area contributed by atoms with E-state index in [4.69, 9.17) is 9.47 Å². The van der Waals surface area contributed by atoms with Gasteiger partial charge in [-0.15, -0.1) is 0 Å². The van der Waals surface area contributed by atoms with Crippen molar-refractivity contribution in [2.45, 2.75) is 19.9 Å². The topological polar surface area (TPSA) is 105 Å². The molecule has 0 saturated carbocycles. The van der Waals surface area contributed by atoms with E-state index in [1.165, 1.54) is 0 Å². The van der Waals surface area contributed by atoms with E-state index in [1.807, 2.05) is 37.3 Å². The number of carbonyl (C=O) groups excluding carboxylic acids is 2. The fourth-order valence-electron chi connectivity index (χ4n) is 4.49. The second-order valence-electron chi connectivity index (χ2n) is 8.23. The number of phenols is 1. The van der Waals surface area contributed by atoms with Crippen molar-refractivity contribution in [1.82, 2.24) is 10.2 Å². The number of carbonyl (C=O) groups is 2. The predicted octanol–water partition coefficient (Wildman–Crippen LogP) is 5.11. The van der Waals surface area contributed by atoms with E-state index in [1.54, 1.807) is 54.3 Å². The van der Waals surface area contributed by atoms with Gasteiger partial charge in [0.2, 0.25) is 0 Å². The highest BCUT2D eigenvalue weighted by Gasteiger charge is 2.43. The lowest BCUT2D eigenvalue weighted by atomic mass is 9.95. The van der Waals surface area contributed by atoms with Crippen LogP contribution in [0.2, 0.25) is 0 Å². The van der Waals surface area contributed by atoms with Crippen molar-refractivity contribution in [3.05, 3.63) is 95.2 Å². The lowest BCUT2D eigenvalue weighted by Gasteiger charge is -2.27. The lowest BCUT2D eigenvalue weighted by Crippen LogP contribution is -2.29. The van der Waals surface area contributed by atoms with Gasteiger partial charge in [0, 0.05) is 16.8 Å².